The maximum Gasteiger partial charge on any atom is 0.321 e. The first-order valence-corrected chi connectivity index (χ1v) is 10.1. The second kappa shape index (κ2) is 9.32. The van der Waals surface area contributed by atoms with Gasteiger partial charge in [0.1, 0.15) is 6.04 Å². The summed E-state index contributed by atoms with van der Waals surface area (Å²) in [5.74, 6) is -0.222. The minimum atomic E-state index is -0.859. The molecule has 0 saturated heterocycles. The number of benzene rings is 3. The van der Waals surface area contributed by atoms with Gasteiger partial charge in [0.2, 0.25) is 0 Å². The van der Waals surface area contributed by atoms with Gasteiger partial charge in [0, 0.05) is 23.5 Å². The first-order chi connectivity index (χ1) is 15.1. The number of carbonyl (C=O) groups is 1. The molecule has 31 heavy (non-hydrogen) atoms. The lowest BCUT2D eigenvalue weighted by Crippen LogP contribution is -2.35. The van der Waals surface area contributed by atoms with E-state index >= 15 is 0 Å². The first-order valence-electron chi connectivity index (χ1n) is 10.1. The third-order valence-corrected chi connectivity index (χ3v) is 5.25. The molecule has 0 amide bonds. The summed E-state index contributed by atoms with van der Waals surface area (Å²) in [5.41, 5.74) is 6.18. The number of hydrogen-bond donors (Lipinski definition) is 2. The molecule has 0 aliphatic rings. The standard InChI is InChI=1S/C26H23N3O2/c1-27-24(26(30)31)14-18-10-12-20(13-11-18)25-28-16-23(17-29-25)22-9-5-8-21(15-22)19-6-3-2-4-7-19/h2-13,15-17,24,27H,14H2,1H3,(H,30,31). The zero-order valence-corrected chi connectivity index (χ0v) is 17.2. The molecule has 0 aliphatic heterocycles. The van der Waals surface area contributed by atoms with Crippen molar-refractivity contribution in [2.45, 2.75) is 12.5 Å². The molecule has 0 aliphatic carbocycles. The van der Waals surface area contributed by atoms with Gasteiger partial charge in [0.15, 0.2) is 5.82 Å². The summed E-state index contributed by atoms with van der Waals surface area (Å²) in [6.45, 7) is 0. The van der Waals surface area contributed by atoms with Gasteiger partial charge in [0.05, 0.1) is 0 Å². The number of aliphatic carboxylic acids is 1. The third-order valence-electron chi connectivity index (χ3n) is 5.25. The number of rotatable bonds is 7. The maximum absolute atomic E-state index is 11.2. The molecule has 1 heterocycles. The van der Waals surface area contributed by atoms with Gasteiger partial charge in [0.25, 0.3) is 0 Å². The van der Waals surface area contributed by atoms with Crippen molar-refractivity contribution in [2.75, 3.05) is 7.05 Å². The van der Waals surface area contributed by atoms with Crippen molar-refractivity contribution >= 4 is 5.97 Å². The van der Waals surface area contributed by atoms with Crippen LogP contribution in [0, 0.1) is 0 Å². The van der Waals surface area contributed by atoms with E-state index in [1.807, 2.05) is 60.9 Å². The molecule has 154 valence electrons. The van der Waals surface area contributed by atoms with E-state index in [1.54, 1.807) is 7.05 Å². The maximum atomic E-state index is 11.2. The second-order valence-corrected chi connectivity index (χ2v) is 7.32. The van der Waals surface area contributed by atoms with Crippen LogP contribution in [0.4, 0.5) is 0 Å². The Balaban J connectivity index is 1.52. The van der Waals surface area contributed by atoms with Gasteiger partial charge in [-0.2, -0.15) is 0 Å². The molecule has 5 nitrogen and oxygen atoms in total. The van der Waals surface area contributed by atoms with Crippen LogP contribution in [-0.4, -0.2) is 34.1 Å². The Morgan fingerprint density at radius 3 is 2.03 bits per heavy atom. The highest BCUT2D eigenvalue weighted by atomic mass is 16.4. The normalized spacial score (nSPS) is 11.8. The number of nitrogens with zero attached hydrogens (tertiary/aromatic N) is 2. The van der Waals surface area contributed by atoms with Crippen LogP contribution in [0.15, 0.2) is 91.3 Å². The molecule has 0 spiro atoms. The van der Waals surface area contributed by atoms with Crippen LogP contribution < -0.4 is 5.32 Å². The van der Waals surface area contributed by atoms with E-state index in [-0.39, 0.29) is 0 Å². The van der Waals surface area contributed by atoms with Gasteiger partial charge < -0.3 is 10.4 Å². The molecule has 2 N–H and O–H groups in total. The SMILES string of the molecule is CNC(Cc1ccc(-c2ncc(-c3cccc(-c4ccccc4)c3)cn2)cc1)C(=O)O. The fourth-order valence-corrected chi connectivity index (χ4v) is 3.47. The smallest absolute Gasteiger partial charge is 0.321 e. The average Bonchev–Trinajstić information content (AvgIpc) is 2.83. The molecule has 0 saturated carbocycles. The summed E-state index contributed by atoms with van der Waals surface area (Å²) in [4.78, 5) is 20.3. The van der Waals surface area contributed by atoms with Crippen LogP contribution in [0.5, 0.6) is 0 Å². The minimum Gasteiger partial charge on any atom is -0.480 e. The van der Waals surface area contributed by atoms with Crippen molar-refractivity contribution in [3.63, 3.8) is 0 Å². The lowest BCUT2D eigenvalue weighted by atomic mass is 10.0. The van der Waals surface area contributed by atoms with Crippen molar-refractivity contribution in [1.82, 2.24) is 15.3 Å². The predicted molar refractivity (Wildman–Crippen MR) is 123 cm³/mol. The van der Waals surface area contributed by atoms with Gasteiger partial charge in [-0.3, -0.25) is 4.79 Å². The zero-order chi connectivity index (χ0) is 21.6. The van der Waals surface area contributed by atoms with Gasteiger partial charge in [-0.1, -0.05) is 72.8 Å². The van der Waals surface area contributed by atoms with Crippen LogP contribution in [0.3, 0.4) is 0 Å². The predicted octanol–water partition coefficient (Wildman–Crippen LogP) is 4.69. The molecular weight excluding hydrogens is 386 g/mol. The van der Waals surface area contributed by atoms with E-state index in [0.717, 1.165) is 27.8 Å². The van der Waals surface area contributed by atoms with E-state index in [0.29, 0.717) is 12.2 Å². The molecule has 0 bridgehead atoms. The minimum absolute atomic E-state index is 0.420. The van der Waals surface area contributed by atoms with Crippen molar-refractivity contribution < 1.29 is 9.90 Å². The average molecular weight is 409 g/mol. The molecule has 4 rings (SSSR count). The van der Waals surface area contributed by atoms with Crippen LogP contribution in [0.25, 0.3) is 33.6 Å². The third kappa shape index (κ3) is 4.85. The number of aromatic nitrogens is 2. The van der Waals surface area contributed by atoms with E-state index < -0.39 is 12.0 Å². The Bertz CT molecular complexity index is 1160. The Labute approximate surface area is 181 Å². The van der Waals surface area contributed by atoms with Crippen molar-refractivity contribution in [1.29, 1.82) is 0 Å². The molecular formula is C26H23N3O2. The van der Waals surface area contributed by atoms with E-state index in [4.69, 9.17) is 0 Å². The quantitative estimate of drug-likeness (QED) is 0.463. The van der Waals surface area contributed by atoms with Crippen LogP contribution in [-0.2, 0) is 11.2 Å². The molecule has 1 aromatic heterocycles. The largest absolute Gasteiger partial charge is 0.480 e. The Morgan fingerprint density at radius 2 is 1.42 bits per heavy atom. The highest BCUT2D eigenvalue weighted by Gasteiger charge is 2.15. The fourth-order valence-electron chi connectivity index (χ4n) is 3.47. The van der Waals surface area contributed by atoms with Crippen molar-refractivity contribution in [3.05, 3.63) is 96.8 Å². The summed E-state index contributed by atoms with van der Waals surface area (Å²) in [6, 6.07) is 25.7. The molecule has 0 radical (unpaired) electrons. The van der Waals surface area contributed by atoms with Crippen LogP contribution in [0.2, 0.25) is 0 Å². The number of carboxylic acid groups (broad SMARTS) is 1. The molecule has 4 aromatic rings. The van der Waals surface area contributed by atoms with E-state index in [1.165, 1.54) is 5.56 Å². The molecule has 5 heteroatoms. The van der Waals surface area contributed by atoms with Crippen LogP contribution in [0.1, 0.15) is 5.56 Å². The Morgan fingerprint density at radius 1 is 0.806 bits per heavy atom. The Kier molecular flexibility index (Phi) is 6.15. The zero-order valence-electron chi connectivity index (χ0n) is 17.2. The lowest BCUT2D eigenvalue weighted by molar-refractivity contribution is -0.139. The number of hydrogen-bond acceptors (Lipinski definition) is 4. The highest BCUT2D eigenvalue weighted by molar-refractivity contribution is 5.74. The van der Waals surface area contributed by atoms with E-state index in [2.05, 4.69) is 45.6 Å². The number of likely N-dealkylation sites (N-methyl/N-ethyl adjacent to an activating group) is 1. The summed E-state index contributed by atoms with van der Waals surface area (Å²) in [5, 5.41) is 12.0. The summed E-state index contributed by atoms with van der Waals surface area (Å²) in [7, 11) is 1.65. The molecule has 0 fully saturated rings. The summed E-state index contributed by atoms with van der Waals surface area (Å²) < 4.78 is 0. The van der Waals surface area contributed by atoms with Gasteiger partial charge in [-0.05, 0) is 41.8 Å². The van der Waals surface area contributed by atoms with Gasteiger partial charge in [-0.15, -0.1) is 0 Å². The molecule has 1 unspecified atom stereocenters. The molecule has 1 atom stereocenters. The fraction of sp³-hybridized carbons (Fsp3) is 0.115. The van der Waals surface area contributed by atoms with Crippen molar-refractivity contribution in [2.24, 2.45) is 0 Å². The van der Waals surface area contributed by atoms with Gasteiger partial charge in [-0.25, -0.2) is 9.97 Å². The van der Waals surface area contributed by atoms with Crippen molar-refractivity contribution in [3.8, 4) is 33.6 Å². The van der Waals surface area contributed by atoms with Crippen LogP contribution >= 0.6 is 0 Å². The topological polar surface area (TPSA) is 75.1 Å². The second-order valence-electron chi connectivity index (χ2n) is 7.32. The molecule has 3 aromatic carbocycles. The van der Waals surface area contributed by atoms with E-state index in [9.17, 15) is 9.90 Å². The van der Waals surface area contributed by atoms with Gasteiger partial charge >= 0.3 is 5.97 Å². The summed E-state index contributed by atoms with van der Waals surface area (Å²) >= 11 is 0. The highest BCUT2D eigenvalue weighted by Crippen LogP contribution is 2.26. The number of carboxylic acids is 1. The monoisotopic (exact) mass is 409 g/mol. The summed E-state index contributed by atoms with van der Waals surface area (Å²) in [6.07, 6.45) is 4.09. The number of nitrogens with one attached hydrogen (secondary N) is 1. The lowest BCUT2D eigenvalue weighted by Gasteiger charge is -2.11. The first kappa shape index (κ1) is 20.4. The Hall–Kier alpha value is -3.83.